The van der Waals surface area contributed by atoms with Crippen molar-refractivity contribution in [2.45, 2.75) is 20.3 Å². The Hall–Kier alpha value is -3.02. The lowest BCUT2D eigenvalue weighted by Crippen LogP contribution is -2.22. The van der Waals surface area contributed by atoms with E-state index in [0.29, 0.717) is 22.9 Å². The summed E-state index contributed by atoms with van der Waals surface area (Å²) >= 11 is 0. The first-order chi connectivity index (χ1) is 11.9. The summed E-state index contributed by atoms with van der Waals surface area (Å²) in [5.41, 5.74) is 3.02. The summed E-state index contributed by atoms with van der Waals surface area (Å²) in [7, 11) is 3.05. The summed E-state index contributed by atoms with van der Waals surface area (Å²) in [6, 6.07) is 10.9. The molecule has 2 aromatic carbocycles. The van der Waals surface area contributed by atoms with Crippen LogP contribution in [-0.2, 0) is 9.59 Å². The normalized spacial score (nSPS) is 10.1. The molecular formula is C19H22N2O4. The number of aryl methyl sites for hydroxylation is 2. The molecule has 0 saturated carbocycles. The zero-order chi connectivity index (χ0) is 18.4. The van der Waals surface area contributed by atoms with Crippen molar-refractivity contribution in [1.29, 1.82) is 0 Å². The Balaban J connectivity index is 2.03. The summed E-state index contributed by atoms with van der Waals surface area (Å²) in [5.74, 6) is 0.237. The van der Waals surface area contributed by atoms with E-state index in [-0.39, 0.29) is 6.42 Å². The molecule has 0 radical (unpaired) electrons. The van der Waals surface area contributed by atoms with E-state index < -0.39 is 11.8 Å². The average molecular weight is 342 g/mol. The van der Waals surface area contributed by atoms with Crippen molar-refractivity contribution in [1.82, 2.24) is 0 Å². The first kappa shape index (κ1) is 18.3. The zero-order valence-corrected chi connectivity index (χ0v) is 14.8. The van der Waals surface area contributed by atoms with Gasteiger partial charge in [0.15, 0.2) is 0 Å². The second-order valence-corrected chi connectivity index (χ2v) is 5.68. The van der Waals surface area contributed by atoms with Crippen LogP contribution in [0.25, 0.3) is 0 Å². The fourth-order valence-corrected chi connectivity index (χ4v) is 2.37. The molecule has 0 aliphatic carbocycles. The van der Waals surface area contributed by atoms with Crippen molar-refractivity contribution in [3.05, 3.63) is 47.5 Å². The molecule has 0 saturated heterocycles. The Labute approximate surface area is 147 Å². The molecule has 2 N–H and O–H groups in total. The molecule has 132 valence electrons. The highest BCUT2D eigenvalue weighted by Gasteiger charge is 2.14. The number of rotatable bonds is 6. The summed E-state index contributed by atoms with van der Waals surface area (Å²) < 4.78 is 10.4. The van der Waals surface area contributed by atoms with Gasteiger partial charge in [-0.25, -0.2) is 0 Å². The molecule has 0 spiro atoms. The Morgan fingerprint density at radius 2 is 1.20 bits per heavy atom. The van der Waals surface area contributed by atoms with Gasteiger partial charge >= 0.3 is 0 Å². The van der Waals surface area contributed by atoms with Crippen LogP contribution in [-0.4, -0.2) is 26.0 Å². The molecule has 0 bridgehead atoms. The number of nitrogens with one attached hydrogen (secondary N) is 2. The van der Waals surface area contributed by atoms with E-state index in [1.54, 1.807) is 24.3 Å². The summed E-state index contributed by atoms with van der Waals surface area (Å²) in [6.07, 6.45) is -0.311. The smallest absolute Gasteiger partial charge is 0.233 e. The minimum Gasteiger partial charge on any atom is -0.495 e. The van der Waals surface area contributed by atoms with Crippen LogP contribution < -0.4 is 20.1 Å². The number of carbonyl (C=O) groups is 2. The molecule has 0 atom stereocenters. The maximum Gasteiger partial charge on any atom is 0.233 e. The Kier molecular flexibility index (Phi) is 6.00. The number of anilines is 2. The van der Waals surface area contributed by atoms with Gasteiger partial charge in [-0.3, -0.25) is 9.59 Å². The van der Waals surface area contributed by atoms with E-state index in [4.69, 9.17) is 9.47 Å². The van der Waals surface area contributed by atoms with Gasteiger partial charge in [-0.15, -0.1) is 0 Å². The third-order valence-electron chi connectivity index (χ3n) is 3.58. The molecule has 2 amide bonds. The van der Waals surface area contributed by atoms with E-state index in [1.165, 1.54) is 14.2 Å². The van der Waals surface area contributed by atoms with Gasteiger partial charge in [0.05, 0.1) is 25.6 Å². The monoisotopic (exact) mass is 342 g/mol. The largest absolute Gasteiger partial charge is 0.495 e. The lowest BCUT2D eigenvalue weighted by atomic mass is 10.2. The van der Waals surface area contributed by atoms with Gasteiger partial charge in [-0.1, -0.05) is 12.1 Å². The minimum atomic E-state index is -0.423. The number of amides is 2. The first-order valence-corrected chi connectivity index (χ1v) is 7.82. The Bertz CT molecular complexity index is 721. The second kappa shape index (κ2) is 8.19. The highest BCUT2D eigenvalue weighted by Crippen LogP contribution is 2.26. The highest BCUT2D eigenvalue weighted by molar-refractivity contribution is 6.08. The Morgan fingerprint density at radius 3 is 1.56 bits per heavy atom. The minimum absolute atomic E-state index is 0.311. The van der Waals surface area contributed by atoms with Crippen molar-refractivity contribution >= 4 is 23.2 Å². The van der Waals surface area contributed by atoms with E-state index in [0.717, 1.165) is 11.1 Å². The van der Waals surface area contributed by atoms with Crippen LogP contribution in [0.2, 0.25) is 0 Å². The molecule has 0 aliphatic heterocycles. The molecule has 0 unspecified atom stereocenters. The average Bonchev–Trinajstić information content (AvgIpc) is 2.55. The van der Waals surface area contributed by atoms with Gasteiger partial charge in [-0.2, -0.15) is 0 Å². The maximum absolute atomic E-state index is 12.2. The SMILES string of the molecule is COc1ccc(C)cc1NC(=O)CC(=O)Nc1cc(C)ccc1OC. The van der Waals surface area contributed by atoms with Crippen LogP contribution in [0.5, 0.6) is 11.5 Å². The fourth-order valence-electron chi connectivity index (χ4n) is 2.37. The quantitative estimate of drug-likeness (QED) is 0.790. The summed E-state index contributed by atoms with van der Waals surface area (Å²) in [5, 5.41) is 5.41. The van der Waals surface area contributed by atoms with Crippen molar-refractivity contribution in [2.24, 2.45) is 0 Å². The van der Waals surface area contributed by atoms with Gasteiger partial charge in [0, 0.05) is 0 Å². The molecule has 2 aromatic rings. The molecule has 25 heavy (non-hydrogen) atoms. The van der Waals surface area contributed by atoms with E-state index in [2.05, 4.69) is 10.6 Å². The van der Waals surface area contributed by atoms with Crippen molar-refractivity contribution in [3.8, 4) is 11.5 Å². The zero-order valence-electron chi connectivity index (χ0n) is 14.8. The number of carbonyl (C=O) groups excluding carboxylic acids is 2. The second-order valence-electron chi connectivity index (χ2n) is 5.68. The number of methoxy groups -OCH3 is 2. The number of hydrogen-bond acceptors (Lipinski definition) is 4. The Morgan fingerprint density at radius 1 is 0.800 bits per heavy atom. The first-order valence-electron chi connectivity index (χ1n) is 7.82. The molecule has 2 rings (SSSR count). The van der Waals surface area contributed by atoms with Gasteiger partial charge in [0.25, 0.3) is 0 Å². The maximum atomic E-state index is 12.2. The molecule has 6 nitrogen and oxygen atoms in total. The van der Waals surface area contributed by atoms with Crippen LogP contribution in [0, 0.1) is 13.8 Å². The van der Waals surface area contributed by atoms with Crippen LogP contribution in [0.1, 0.15) is 17.5 Å². The standard InChI is InChI=1S/C19H22N2O4/c1-12-5-7-16(24-3)14(9-12)20-18(22)11-19(23)21-15-10-13(2)6-8-17(15)25-4/h5-10H,11H2,1-4H3,(H,20,22)(H,21,23). The van der Waals surface area contributed by atoms with Crippen LogP contribution >= 0.6 is 0 Å². The topological polar surface area (TPSA) is 76.7 Å². The summed E-state index contributed by atoms with van der Waals surface area (Å²) in [6.45, 7) is 3.82. The predicted molar refractivity (Wildman–Crippen MR) is 97.3 cm³/mol. The molecule has 0 fully saturated rings. The predicted octanol–water partition coefficient (Wildman–Crippen LogP) is 3.29. The van der Waals surface area contributed by atoms with Crippen molar-refractivity contribution in [3.63, 3.8) is 0 Å². The van der Waals surface area contributed by atoms with E-state index >= 15 is 0 Å². The third kappa shape index (κ3) is 4.97. The van der Waals surface area contributed by atoms with Crippen molar-refractivity contribution < 1.29 is 19.1 Å². The number of benzene rings is 2. The van der Waals surface area contributed by atoms with Crippen LogP contribution in [0.4, 0.5) is 11.4 Å². The molecule has 0 aliphatic rings. The molecular weight excluding hydrogens is 320 g/mol. The van der Waals surface area contributed by atoms with E-state index in [9.17, 15) is 9.59 Å². The lowest BCUT2D eigenvalue weighted by molar-refractivity contribution is -0.123. The van der Waals surface area contributed by atoms with Crippen LogP contribution in [0.3, 0.4) is 0 Å². The van der Waals surface area contributed by atoms with Crippen LogP contribution in [0.15, 0.2) is 36.4 Å². The summed E-state index contributed by atoms with van der Waals surface area (Å²) in [4.78, 5) is 24.3. The highest BCUT2D eigenvalue weighted by atomic mass is 16.5. The molecule has 0 aromatic heterocycles. The van der Waals surface area contributed by atoms with Gasteiger partial charge in [0.1, 0.15) is 17.9 Å². The van der Waals surface area contributed by atoms with Gasteiger partial charge in [0.2, 0.25) is 11.8 Å². The van der Waals surface area contributed by atoms with Gasteiger partial charge in [-0.05, 0) is 49.2 Å². The number of ether oxygens (including phenoxy) is 2. The number of hydrogen-bond donors (Lipinski definition) is 2. The third-order valence-corrected chi connectivity index (χ3v) is 3.58. The molecule has 6 heteroatoms. The fraction of sp³-hybridized carbons (Fsp3) is 0.263. The molecule has 0 heterocycles. The van der Waals surface area contributed by atoms with E-state index in [1.807, 2.05) is 26.0 Å². The van der Waals surface area contributed by atoms with Crippen molar-refractivity contribution in [2.75, 3.05) is 24.9 Å². The van der Waals surface area contributed by atoms with Gasteiger partial charge < -0.3 is 20.1 Å². The lowest BCUT2D eigenvalue weighted by Gasteiger charge is -2.12.